The molecule has 3 atom stereocenters. The Hall–Kier alpha value is -0.0800. The van der Waals surface area contributed by atoms with Gasteiger partial charge in [-0.25, -0.2) is 0 Å². The first-order valence-electron chi connectivity index (χ1n) is 9.23. The van der Waals surface area contributed by atoms with E-state index in [-0.39, 0.29) is 0 Å². The van der Waals surface area contributed by atoms with Gasteiger partial charge in [0.1, 0.15) is 0 Å². The molecule has 1 aliphatic heterocycles. The normalized spacial score (nSPS) is 36.1. The van der Waals surface area contributed by atoms with Crippen molar-refractivity contribution in [2.45, 2.75) is 78.7 Å². The summed E-state index contributed by atoms with van der Waals surface area (Å²) in [6.45, 7) is 15.4. The Morgan fingerprint density at radius 3 is 2.38 bits per heavy atom. The van der Waals surface area contributed by atoms with Crippen molar-refractivity contribution in [1.82, 2.24) is 4.90 Å². The number of likely N-dealkylation sites (tertiary alicyclic amines) is 1. The van der Waals surface area contributed by atoms with Crippen LogP contribution in [-0.4, -0.2) is 30.1 Å². The molecule has 2 N–H and O–H groups in total. The molecular formula is C19H38N2. The molecule has 0 radical (unpaired) electrons. The fourth-order valence-electron chi connectivity index (χ4n) is 4.63. The van der Waals surface area contributed by atoms with Gasteiger partial charge in [-0.3, -0.25) is 4.90 Å². The topological polar surface area (TPSA) is 29.3 Å². The second-order valence-electron chi connectivity index (χ2n) is 9.16. The van der Waals surface area contributed by atoms with Crippen LogP contribution in [-0.2, 0) is 0 Å². The van der Waals surface area contributed by atoms with E-state index in [4.69, 9.17) is 5.73 Å². The number of hydrogen-bond acceptors (Lipinski definition) is 2. The first-order chi connectivity index (χ1) is 9.78. The zero-order chi connectivity index (χ0) is 15.7. The number of rotatable bonds is 3. The molecule has 2 aliphatic rings. The summed E-state index contributed by atoms with van der Waals surface area (Å²) in [4.78, 5) is 2.78. The van der Waals surface area contributed by atoms with Crippen molar-refractivity contribution < 1.29 is 0 Å². The van der Waals surface area contributed by atoms with Crippen LogP contribution in [0.15, 0.2) is 0 Å². The third-order valence-corrected chi connectivity index (χ3v) is 6.60. The molecule has 0 aromatic rings. The monoisotopic (exact) mass is 294 g/mol. The third kappa shape index (κ3) is 3.82. The number of hydrogen-bond donors (Lipinski definition) is 1. The molecule has 3 unspecified atom stereocenters. The molecule has 2 heteroatoms. The van der Waals surface area contributed by atoms with E-state index < -0.39 is 0 Å². The standard InChI is InChI=1S/C19H38N2/c1-15(2)16-7-6-10-19(14-20,11-8-16)21-12-9-17(13-21)18(3,4)5/h15-17H,6-14,20H2,1-5H3. The quantitative estimate of drug-likeness (QED) is 0.787. The summed E-state index contributed by atoms with van der Waals surface area (Å²) < 4.78 is 0. The zero-order valence-corrected chi connectivity index (χ0v) is 15.1. The van der Waals surface area contributed by atoms with Crippen molar-refractivity contribution in [2.24, 2.45) is 28.9 Å². The molecule has 0 amide bonds. The SMILES string of the molecule is CC(C)C1CCCC(CN)(N2CCC(C(C)(C)C)C2)CC1. The van der Waals surface area contributed by atoms with Gasteiger partial charge in [-0.05, 0) is 55.4 Å². The molecule has 0 bridgehead atoms. The van der Waals surface area contributed by atoms with Crippen LogP contribution in [0.4, 0.5) is 0 Å². The molecule has 0 aromatic carbocycles. The molecule has 0 spiro atoms. The van der Waals surface area contributed by atoms with Crippen LogP contribution in [0.2, 0.25) is 0 Å². The maximum absolute atomic E-state index is 6.32. The molecule has 2 nitrogen and oxygen atoms in total. The minimum absolute atomic E-state index is 0.309. The van der Waals surface area contributed by atoms with Gasteiger partial charge in [-0.2, -0.15) is 0 Å². The average molecular weight is 295 g/mol. The molecule has 1 aliphatic carbocycles. The van der Waals surface area contributed by atoms with Gasteiger partial charge in [-0.1, -0.05) is 47.5 Å². The van der Waals surface area contributed by atoms with Crippen molar-refractivity contribution in [2.75, 3.05) is 19.6 Å². The molecular weight excluding hydrogens is 256 g/mol. The first kappa shape index (κ1) is 17.3. The summed E-state index contributed by atoms with van der Waals surface area (Å²) in [7, 11) is 0. The predicted octanol–water partition coefficient (Wildman–Crippen LogP) is 4.29. The molecule has 1 saturated heterocycles. The minimum atomic E-state index is 0.309. The number of nitrogens with zero attached hydrogens (tertiary/aromatic N) is 1. The predicted molar refractivity (Wildman–Crippen MR) is 92.3 cm³/mol. The van der Waals surface area contributed by atoms with Crippen molar-refractivity contribution in [3.05, 3.63) is 0 Å². The molecule has 1 heterocycles. The van der Waals surface area contributed by atoms with Crippen LogP contribution in [0.25, 0.3) is 0 Å². The Bertz CT molecular complexity index is 331. The van der Waals surface area contributed by atoms with E-state index in [0.29, 0.717) is 11.0 Å². The van der Waals surface area contributed by atoms with Crippen LogP contribution < -0.4 is 5.73 Å². The van der Waals surface area contributed by atoms with Gasteiger partial charge in [0.2, 0.25) is 0 Å². The van der Waals surface area contributed by atoms with E-state index in [1.165, 1.54) is 51.6 Å². The summed E-state index contributed by atoms with van der Waals surface area (Å²) in [6.07, 6.45) is 8.17. The van der Waals surface area contributed by atoms with E-state index in [0.717, 1.165) is 24.3 Å². The second-order valence-corrected chi connectivity index (χ2v) is 9.16. The smallest absolute Gasteiger partial charge is 0.0331 e. The maximum atomic E-state index is 6.32. The van der Waals surface area contributed by atoms with Gasteiger partial charge in [0, 0.05) is 18.6 Å². The van der Waals surface area contributed by atoms with Crippen LogP contribution >= 0.6 is 0 Å². The minimum Gasteiger partial charge on any atom is -0.329 e. The van der Waals surface area contributed by atoms with E-state index in [1.54, 1.807) is 0 Å². The summed E-state index contributed by atoms with van der Waals surface area (Å²) in [5.41, 5.74) is 7.07. The lowest BCUT2D eigenvalue weighted by atomic mass is 9.80. The third-order valence-electron chi connectivity index (χ3n) is 6.60. The van der Waals surface area contributed by atoms with E-state index in [1.807, 2.05) is 0 Å². The molecule has 2 rings (SSSR count). The molecule has 124 valence electrons. The zero-order valence-electron chi connectivity index (χ0n) is 15.1. The van der Waals surface area contributed by atoms with Crippen LogP contribution in [0.5, 0.6) is 0 Å². The summed E-state index contributed by atoms with van der Waals surface area (Å²) in [6, 6.07) is 0. The maximum Gasteiger partial charge on any atom is 0.0331 e. The van der Waals surface area contributed by atoms with Crippen molar-refractivity contribution in [3.8, 4) is 0 Å². The lowest BCUT2D eigenvalue weighted by molar-refractivity contribution is 0.0894. The molecule has 2 fully saturated rings. The summed E-state index contributed by atoms with van der Waals surface area (Å²) >= 11 is 0. The van der Waals surface area contributed by atoms with Crippen molar-refractivity contribution >= 4 is 0 Å². The van der Waals surface area contributed by atoms with Gasteiger partial charge in [-0.15, -0.1) is 0 Å². The molecule has 21 heavy (non-hydrogen) atoms. The Labute approximate surface area is 132 Å². The molecule has 0 aromatic heterocycles. The highest BCUT2D eigenvalue weighted by molar-refractivity contribution is 4.99. The van der Waals surface area contributed by atoms with Gasteiger partial charge in [0.15, 0.2) is 0 Å². The molecule has 1 saturated carbocycles. The second kappa shape index (κ2) is 6.58. The van der Waals surface area contributed by atoms with E-state index >= 15 is 0 Å². The largest absolute Gasteiger partial charge is 0.329 e. The highest BCUT2D eigenvalue weighted by Crippen LogP contribution is 2.42. The van der Waals surface area contributed by atoms with Crippen molar-refractivity contribution in [3.63, 3.8) is 0 Å². The van der Waals surface area contributed by atoms with Gasteiger partial charge < -0.3 is 5.73 Å². The average Bonchev–Trinajstić information content (AvgIpc) is 2.80. The van der Waals surface area contributed by atoms with E-state index in [9.17, 15) is 0 Å². The first-order valence-corrected chi connectivity index (χ1v) is 9.23. The Morgan fingerprint density at radius 2 is 1.86 bits per heavy atom. The van der Waals surface area contributed by atoms with Crippen LogP contribution in [0.3, 0.4) is 0 Å². The Balaban J connectivity index is 2.05. The Kier molecular flexibility index (Phi) is 5.41. The Morgan fingerprint density at radius 1 is 1.14 bits per heavy atom. The lowest BCUT2D eigenvalue weighted by Gasteiger charge is -2.42. The van der Waals surface area contributed by atoms with Crippen molar-refractivity contribution in [1.29, 1.82) is 0 Å². The van der Waals surface area contributed by atoms with Crippen LogP contribution in [0.1, 0.15) is 73.1 Å². The van der Waals surface area contributed by atoms with Gasteiger partial charge in [0.25, 0.3) is 0 Å². The fourth-order valence-corrected chi connectivity index (χ4v) is 4.63. The summed E-state index contributed by atoms with van der Waals surface area (Å²) in [5.74, 6) is 2.59. The summed E-state index contributed by atoms with van der Waals surface area (Å²) in [5, 5.41) is 0. The highest BCUT2D eigenvalue weighted by Gasteiger charge is 2.43. The van der Waals surface area contributed by atoms with Gasteiger partial charge in [0.05, 0.1) is 0 Å². The lowest BCUT2D eigenvalue weighted by Crippen LogP contribution is -2.53. The van der Waals surface area contributed by atoms with E-state index in [2.05, 4.69) is 39.5 Å². The highest BCUT2D eigenvalue weighted by atomic mass is 15.2. The fraction of sp³-hybridized carbons (Fsp3) is 1.00. The van der Waals surface area contributed by atoms with Crippen LogP contribution in [0, 0.1) is 23.2 Å². The number of nitrogens with two attached hydrogens (primary N) is 1. The van der Waals surface area contributed by atoms with Gasteiger partial charge >= 0.3 is 0 Å².